The van der Waals surface area contributed by atoms with E-state index in [2.05, 4.69) is 62.4 Å². The molecule has 2 aromatic heterocycles. The van der Waals surface area contributed by atoms with E-state index in [9.17, 15) is 0 Å². The molecule has 1 N–H and O–H groups in total. The molecule has 0 saturated carbocycles. The van der Waals surface area contributed by atoms with Crippen LogP contribution in [0.5, 0.6) is 0 Å². The first-order chi connectivity index (χ1) is 16.0. The Bertz CT molecular complexity index is 1370. The molecule has 164 valence electrons. The van der Waals surface area contributed by atoms with Crippen LogP contribution in [0.2, 0.25) is 0 Å². The molecule has 33 heavy (non-hydrogen) atoms. The average molecular weight is 435 g/mol. The molecule has 0 bridgehead atoms. The minimum atomic E-state index is 0.652. The summed E-state index contributed by atoms with van der Waals surface area (Å²) in [6.07, 6.45) is 8.94. The Morgan fingerprint density at radius 2 is 1.64 bits per heavy atom. The van der Waals surface area contributed by atoms with Crippen LogP contribution in [0, 0.1) is 20.4 Å². The third-order valence-electron chi connectivity index (χ3n) is 5.12. The molecule has 0 aliphatic carbocycles. The van der Waals surface area contributed by atoms with Crippen molar-refractivity contribution in [1.29, 1.82) is 0 Å². The van der Waals surface area contributed by atoms with Crippen molar-refractivity contribution >= 4 is 11.9 Å². The quantitative estimate of drug-likeness (QED) is 0.514. The lowest BCUT2D eigenvalue weighted by atomic mass is 10.1. The maximum absolute atomic E-state index is 5.38. The Hall–Kier alpha value is -4.30. The van der Waals surface area contributed by atoms with Crippen molar-refractivity contribution in [2.75, 3.05) is 7.05 Å². The summed E-state index contributed by atoms with van der Waals surface area (Å²) in [5.74, 6) is 0.652. The predicted molar refractivity (Wildman–Crippen MR) is 137 cm³/mol. The molecular formula is C28H28N5+. The van der Waals surface area contributed by atoms with Crippen LogP contribution in [-0.2, 0) is 0 Å². The van der Waals surface area contributed by atoms with Crippen LogP contribution in [0.4, 0.5) is 0 Å². The van der Waals surface area contributed by atoms with Gasteiger partial charge in [0.25, 0.3) is 0 Å². The van der Waals surface area contributed by atoms with Gasteiger partial charge in [-0.25, -0.2) is 0 Å². The van der Waals surface area contributed by atoms with Crippen molar-refractivity contribution in [2.24, 2.45) is 0 Å². The number of benzene rings is 2. The Morgan fingerprint density at radius 3 is 2.24 bits per heavy atom. The van der Waals surface area contributed by atoms with Crippen LogP contribution in [0.1, 0.15) is 18.2 Å². The number of aryl methyl sites for hydroxylation is 2. The van der Waals surface area contributed by atoms with Crippen molar-refractivity contribution in [3.8, 4) is 29.0 Å². The van der Waals surface area contributed by atoms with Gasteiger partial charge in [-0.05, 0) is 61.4 Å². The molecule has 0 saturated heterocycles. The third kappa shape index (κ3) is 6.11. The van der Waals surface area contributed by atoms with Crippen LogP contribution >= 0.6 is 0 Å². The molecule has 0 amide bonds. The molecule has 0 unspecified atom stereocenters. The summed E-state index contributed by atoms with van der Waals surface area (Å²) in [5, 5.41) is 4.98. The van der Waals surface area contributed by atoms with Crippen LogP contribution in [0.15, 0.2) is 79.4 Å². The molecule has 0 radical (unpaired) electrons. The highest BCUT2D eigenvalue weighted by Gasteiger charge is 2.05. The molecule has 4 rings (SSSR count). The average Bonchev–Trinajstić information content (AvgIpc) is 2.86. The Labute approximate surface area is 195 Å². The lowest BCUT2D eigenvalue weighted by Gasteiger charge is -2.02. The molecule has 0 aliphatic heterocycles. The number of nitrogens with zero attached hydrogens (tertiary/aromatic N) is 4. The SMILES string of the molecule is C#[N+]/C(NC)=c1/ccc(-c2cnccn2)c/c1=C/C.Cc1ccc(-c2ccnc(C)c2)cc1. The summed E-state index contributed by atoms with van der Waals surface area (Å²) in [6, 6.07) is 18.7. The molecule has 0 spiro atoms. The maximum Gasteiger partial charge on any atom is 0.385 e. The van der Waals surface area contributed by atoms with E-state index in [0.717, 1.165) is 27.4 Å². The number of hydrogen-bond donors (Lipinski definition) is 1. The van der Waals surface area contributed by atoms with Gasteiger partial charge in [-0.3, -0.25) is 20.3 Å². The lowest BCUT2D eigenvalue weighted by molar-refractivity contribution is 1.12. The standard InChI is InChI=1S/C15H15N4.C13H13N/c1-4-11-9-12(14-10-18-7-8-19-14)5-6-13(11)15(16-2)17-3;1-10-3-5-12(6-4-10)13-7-8-14-11(2)9-13/h2,4-10,17H,1,3H3;3-9H,1-2H3/q+1;/b11-4-,15-13+;. The summed E-state index contributed by atoms with van der Waals surface area (Å²) in [7, 11) is 1.79. The van der Waals surface area contributed by atoms with Gasteiger partial charge in [0, 0.05) is 29.8 Å². The van der Waals surface area contributed by atoms with E-state index in [1.165, 1.54) is 16.7 Å². The first kappa shape index (κ1) is 23.4. The van der Waals surface area contributed by atoms with E-state index in [1.807, 2.05) is 50.4 Å². The Balaban J connectivity index is 0.000000194. The maximum atomic E-state index is 5.38. The zero-order chi connectivity index (χ0) is 23.6. The van der Waals surface area contributed by atoms with Gasteiger partial charge >= 0.3 is 5.82 Å². The predicted octanol–water partition coefficient (Wildman–Crippen LogP) is 4.56. The minimum Gasteiger partial charge on any atom is -0.262 e. The topological polar surface area (TPSA) is 55.1 Å². The van der Waals surface area contributed by atoms with E-state index in [0.29, 0.717) is 5.82 Å². The zero-order valence-corrected chi connectivity index (χ0v) is 19.4. The van der Waals surface area contributed by atoms with Crippen LogP contribution in [-0.4, -0.2) is 22.0 Å². The van der Waals surface area contributed by atoms with Crippen LogP contribution in [0.25, 0.3) is 39.1 Å². The molecule has 0 atom stereocenters. The fourth-order valence-corrected chi connectivity index (χ4v) is 3.36. The number of aromatic nitrogens is 3. The Morgan fingerprint density at radius 1 is 0.879 bits per heavy atom. The summed E-state index contributed by atoms with van der Waals surface area (Å²) in [5.41, 5.74) is 6.69. The highest BCUT2D eigenvalue weighted by molar-refractivity contribution is 5.63. The van der Waals surface area contributed by atoms with E-state index in [4.69, 9.17) is 6.57 Å². The van der Waals surface area contributed by atoms with Gasteiger partial charge in [-0.2, -0.15) is 4.85 Å². The summed E-state index contributed by atoms with van der Waals surface area (Å²) in [4.78, 5) is 16.3. The van der Waals surface area contributed by atoms with Gasteiger partial charge in [-0.15, -0.1) is 0 Å². The third-order valence-corrected chi connectivity index (χ3v) is 5.12. The van der Waals surface area contributed by atoms with E-state index < -0.39 is 0 Å². The number of nitrogens with one attached hydrogen (secondary N) is 1. The summed E-state index contributed by atoms with van der Waals surface area (Å²) in [6.45, 7) is 11.5. The zero-order valence-electron chi connectivity index (χ0n) is 19.4. The van der Waals surface area contributed by atoms with Crippen molar-refractivity contribution in [3.63, 3.8) is 0 Å². The monoisotopic (exact) mass is 434 g/mol. The molecule has 5 nitrogen and oxygen atoms in total. The minimum absolute atomic E-state index is 0.652. The molecule has 5 heteroatoms. The summed E-state index contributed by atoms with van der Waals surface area (Å²) < 4.78 is 0. The van der Waals surface area contributed by atoms with Gasteiger partial charge in [0.1, 0.15) is 6.57 Å². The van der Waals surface area contributed by atoms with Crippen molar-refractivity contribution in [1.82, 2.24) is 20.3 Å². The first-order valence-corrected chi connectivity index (χ1v) is 10.7. The second kappa shape index (κ2) is 11.4. The second-order valence-corrected chi connectivity index (χ2v) is 7.46. The molecule has 4 aromatic rings. The smallest absolute Gasteiger partial charge is 0.262 e. The van der Waals surface area contributed by atoms with Crippen molar-refractivity contribution in [2.45, 2.75) is 20.8 Å². The van der Waals surface area contributed by atoms with Gasteiger partial charge in [0.2, 0.25) is 0 Å². The fraction of sp³-hybridized carbons (Fsp3) is 0.143. The number of hydrogen-bond acceptors (Lipinski definition) is 4. The van der Waals surface area contributed by atoms with Crippen molar-refractivity contribution in [3.05, 3.63) is 106 Å². The number of rotatable bonds is 3. The fourth-order valence-electron chi connectivity index (χ4n) is 3.36. The summed E-state index contributed by atoms with van der Waals surface area (Å²) >= 11 is 0. The molecular weight excluding hydrogens is 406 g/mol. The van der Waals surface area contributed by atoms with Crippen LogP contribution in [0.3, 0.4) is 0 Å². The lowest BCUT2D eigenvalue weighted by Crippen LogP contribution is -2.29. The first-order valence-electron chi connectivity index (χ1n) is 10.7. The molecule has 0 aliphatic rings. The van der Waals surface area contributed by atoms with Gasteiger partial charge in [0.15, 0.2) is 0 Å². The number of pyridine rings is 1. The van der Waals surface area contributed by atoms with Gasteiger partial charge in [-0.1, -0.05) is 42.0 Å². The second-order valence-electron chi connectivity index (χ2n) is 7.46. The normalized spacial score (nSPS) is 11.7. The Kier molecular flexibility index (Phi) is 8.04. The van der Waals surface area contributed by atoms with Crippen LogP contribution < -0.4 is 15.8 Å². The van der Waals surface area contributed by atoms with E-state index in [-0.39, 0.29) is 0 Å². The van der Waals surface area contributed by atoms with Gasteiger partial charge in [0.05, 0.1) is 24.2 Å². The van der Waals surface area contributed by atoms with Crippen molar-refractivity contribution < 1.29 is 0 Å². The molecule has 0 fully saturated rings. The highest BCUT2D eigenvalue weighted by Crippen LogP contribution is 2.19. The van der Waals surface area contributed by atoms with Gasteiger partial charge < -0.3 is 0 Å². The molecule has 2 aromatic carbocycles. The molecule has 2 heterocycles. The highest BCUT2D eigenvalue weighted by atomic mass is 15.0. The largest absolute Gasteiger partial charge is 0.385 e. The van der Waals surface area contributed by atoms with E-state index in [1.54, 1.807) is 25.6 Å². The van der Waals surface area contributed by atoms with E-state index >= 15 is 0 Å².